The Bertz CT molecular complexity index is 2080. The van der Waals surface area contributed by atoms with E-state index in [1.165, 1.54) is 16.2 Å². The van der Waals surface area contributed by atoms with Gasteiger partial charge in [0.1, 0.15) is 23.6 Å². The Balaban J connectivity index is 0.959. The fourth-order valence-corrected chi connectivity index (χ4v) is 8.71. The highest BCUT2D eigenvalue weighted by Gasteiger charge is 2.53. The monoisotopic (exact) mass is 834 g/mol. The number of hydrogen-bond acceptors (Lipinski definition) is 12. The quantitative estimate of drug-likeness (QED) is 0.130. The molecular formula is C42H51FN6O7S2. The molecule has 4 aromatic rings. The van der Waals surface area contributed by atoms with Gasteiger partial charge in [-0.15, -0.1) is 22.7 Å². The predicted molar refractivity (Wildman–Crippen MR) is 221 cm³/mol. The molecule has 3 amide bonds. The van der Waals surface area contributed by atoms with Gasteiger partial charge < -0.3 is 39.8 Å². The molecule has 2 aromatic heterocycles. The number of thiazole rings is 2. The molecule has 0 radical (unpaired) electrons. The number of nitrogens with one attached hydrogen (secondary N) is 2. The fraction of sp³-hybridized carbons (Fsp3) is 0.500. The van der Waals surface area contributed by atoms with Gasteiger partial charge in [-0.3, -0.25) is 14.4 Å². The molecule has 310 valence electrons. The zero-order valence-corrected chi connectivity index (χ0v) is 34.9. The summed E-state index contributed by atoms with van der Waals surface area (Å²) in [6.07, 6.45) is -0.0750. The number of nitrogens with zero attached hydrogens (tertiary/aromatic N) is 4. The number of alkyl halides is 1. The summed E-state index contributed by atoms with van der Waals surface area (Å²) in [6.45, 7) is 11.2. The minimum atomic E-state index is -1.96. The van der Waals surface area contributed by atoms with Crippen LogP contribution in [0, 0.1) is 12.3 Å². The molecule has 3 unspecified atom stereocenters. The van der Waals surface area contributed by atoms with Crippen molar-refractivity contribution in [2.24, 2.45) is 5.41 Å². The Kier molecular flexibility index (Phi) is 12.7. The van der Waals surface area contributed by atoms with E-state index in [0.29, 0.717) is 25.4 Å². The number of carbonyl (C=O) groups is 3. The first-order valence-corrected chi connectivity index (χ1v) is 21.5. The molecule has 58 heavy (non-hydrogen) atoms. The number of likely N-dealkylation sites (tertiary alicyclic amines) is 1. The smallest absolute Gasteiger partial charge is 0.258 e. The van der Waals surface area contributed by atoms with E-state index in [-0.39, 0.29) is 32.4 Å². The van der Waals surface area contributed by atoms with E-state index in [2.05, 4.69) is 25.9 Å². The number of aliphatic hydroxyl groups is 1. The van der Waals surface area contributed by atoms with Crippen LogP contribution in [0.4, 0.5) is 9.52 Å². The second kappa shape index (κ2) is 17.7. The Morgan fingerprint density at radius 3 is 2.47 bits per heavy atom. The molecule has 2 saturated heterocycles. The molecule has 4 heterocycles. The lowest BCUT2D eigenvalue weighted by Gasteiger charge is -2.35. The summed E-state index contributed by atoms with van der Waals surface area (Å²) in [5.74, 6) is -0.477. The number of ether oxygens (including phenoxy) is 3. The van der Waals surface area contributed by atoms with Crippen LogP contribution in [0.3, 0.4) is 0 Å². The second-order valence-electron chi connectivity index (χ2n) is 16.1. The lowest BCUT2D eigenvalue weighted by molar-refractivity contribution is -0.145. The largest absolute Gasteiger partial charge is 0.493 e. The van der Waals surface area contributed by atoms with Crippen LogP contribution in [-0.2, 0) is 25.7 Å². The van der Waals surface area contributed by atoms with Crippen molar-refractivity contribution in [1.29, 1.82) is 0 Å². The number of halogens is 1. The van der Waals surface area contributed by atoms with Crippen LogP contribution < -0.4 is 25.0 Å². The number of carbonyl (C=O) groups excluding carboxylic acids is 3. The van der Waals surface area contributed by atoms with Gasteiger partial charge in [-0.25, -0.2) is 14.4 Å². The molecule has 0 spiro atoms. The molecule has 1 saturated carbocycles. The van der Waals surface area contributed by atoms with Gasteiger partial charge in [0.05, 0.1) is 54.3 Å². The van der Waals surface area contributed by atoms with E-state index >= 15 is 0 Å². The number of benzene rings is 2. The van der Waals surface area contributed by atoms with Crippen molar-refractivity contribution >= 4 is 45.5 Å². The molecule has 3 fully saturated rings. The Hall–Kier alpha value is -4.64. The number of hydrogen-bond donors (Lipinski definition) is 3. The summed E-state index contributed by atoms with van der Waals surface area (Å²) < 4.78 is 32.4. The minimum absolute atomic E-state index is 0.0336. The Morgan fingerprint density at radius 2 is 1.78 bits per heavy atom. The third kappa shape index (κ3) is 9.79. The minimum Gasteiger partial charge on any atom is -0.493 e. The maximum absolute atomic E-state index is 14.6. The van der Waals surface area contributed by atoms with Gasteiger partial charge in [-0.2, -0.15) is 0 Å². The van der Waals surface area contributed by atoms with Gasteiger partial charge in [-0.05, 0) is 61.1 Å². The molecule has 0 bridgehead atoms. The van der Waals surface area contributed by atoms with Crippen LogP contribution in [0.15, 0.2) is 53.4 Å². The van der Waals surface area contributed by atoms with E-state index in [1.54, 1.807) is 37.6 Å². The van der Waals surface area contributed by atoms with Crippen LogP contribution in [0.25, 0.3) is 21.7 Å². The van der Waals surface area contributed by atoms with Crippen molar-refractivity contribution in [2.75, 3.05) is 51.0 Å². The number of anilines is 1. The normalized spacial score (nSPS) is 19.4. The van der Waals surface area contributed by atoms with E-state index in [1.807, 2.05) is 49.4 Å². The van der Waals surface area contributed by atoms with Gasteiger partial charge in [0, 0.05) is 55.5 Å². The van der Waals surface area contributed by atoms with Gasteiger partial charge in [0.2, 0.25) is 11.8 Å². The summed E-state index contributed by atoms with van der Waals surface area (Å²) in [5.41, 5.74) is 3.57. The average Bonchev–Trinajstić information content (AvgIpc) is 3.53. The first kappa shape index (κ1) is 41.5. The molecule has 3 aliphatic rings. The molecule has 3 N–H and O–H groups in total. The number of aromatic nitrogens is 2. The number of rotatable bonds is 15. The Labute approximate surface area is 345 Å². The number of aliphatic hydroxyl groups excluding tert-OH is 1. The number of amides is 3. The molecule has 7 rings (SSSR count). The predicted octanol–water partition coefficient (Wildman–Crippen LogP) is 5.54. The van der Waals surface area contributed by atoms with E-state index in [0.717, 1.165) is 70.1 Å². The maximum atomic E-state index is 14.6. The second-order valence-corrected chi connectivity index (χ2v) is 17.8. The van der Waals surface area contributed by atoms with Gasteiger partial charge in [0.15, 0.2) is 10.8 Å². The molecular weight excluding hydrogens is 784 g/mol. The number of aryl methyl sites for hydroxylation is 1. The summed E-state index contributed by atoms with van der Waals surface area (Å²) in [5, 5.41) is 19.2. The molecule has 2 aromatic carbocycles. The summed E-state index contributed by atoms with van der Waals surface area (Å²) in [4.78, 5) is 54.0. The SMILES string of the molecule is Cc1ncsc1-c1ccc(CNC(=O)C2CC(O)CN2C(=O)C(NC(=O)C2(F)CC2)C(C)(C)C)c(OCCCOc2ccc(-c3csc(N4CCOCC4)n3)cc2)c1. The molecule has 2 aliphatic heterocycles. The van der Waals surface area contributed by atoms with Crippen LogP contribution in [-0.4, -0.2) is 108 Å². The number of β-amino-alcohol motifs (C(OH)–C–C–N with tert-alkyl or cyclic N) is 1. The zero-order valence-electron chi connectivity index (χ0n) is 33.3. The van der Waals surface area contributed by atoms with Crippen LogP contribution in [0.2, 0.25) is 0 Å². The molecule has 3 atom stereocenters. The molecule has 13 nitrogen and oxygen atoms in total. The van der Waals surface area contributed by atoms with E-state index in [4.69, 9.17) is 19.2 Å². The third-order valence-electron chi connectivity index (χ3n) is 10.6. The third-order valence-corrected chi connectivity index (χ3v) is 12.5. The van der Waals surface area contributed by atoms with Crippen molar-refractivity contribution < 1.29 is 38.1 Å². The standard InChI is InChI=1S/C42H51FN6O7S2/c1-26-35(58-25-45-26)28-6-7-29(22-44-37(51)33-21-30(50)23-49(33)38(52)36(41(2,3)4)47-39(53)42(43)12-13-42)34(20-28)56-17-5-16-55-31-10-8-27(9-11-31)32-24-57-40(46-32)48-14-18-54-19-15-48/h6-11,20,24-25,30,33,36,50H,5,12-19,21-23H2,1-4H3,(H,44,51)(H,47,53). The van der Waals surface area contributed by atoms with Crippen molar-refractivity contribution in [3.63, 3.8) is 0 Å². The van der Waals surface area contributed by atoms with Crippen molar-refractivity contribution in [3.8, 4) is 33.2 Å². The van der Waals surface area contributed by atoms with Crippen molar-refractivity contribution in [3.05, 3.63) is 64.6 Å². The maximum Gasteiger partial charge on any atom is 0.258 e. The van der Waals surface area contributed by atoms with E-state index in [9.17, 15) is 23.9 Å². The van der Waals surface area contributed by atoms with E-state index < -0.39 is 47.0 Å². The average molecular weight is 835 g/mol. The van der Waals surface area contributed by atoms with Crippen LogP contribution >= 0.6 is 22.7 Å². The highest BCUT2D eigenvalue weighted by atomic mass is 32.1. The first-order chi connectivity index (χ1) is 27.8. The highest BCUT2D eigenvalue weighted by molar-refractivity contribution is 7.14. The highest BCUT2D eigenvalue weighted by Crippen LogP contribution is 2.40. The first-order valence-electron chi connectivity index (χ1n) is 19.7. The number of morpholine rings is 1. The summed E-state index contributed by atoms with van der Waals surface area (Å²) in [6, 6.07) is 11.6. The lowest BCUT2D eigenvalue weighted by atomic mass is 9.85. The van der Waals surface area contributed by atoms with Crippen LogP contribution in [0.5, 0.6) is 11.5 Å². The lowest BCUT2D eigenvalue weighted by Crippen LogP contribution is -2.59. The van der Waals surface area contributed by atoms with Crippen molar-refractivity contribution in [1.82, 2.24) is 25.5 Å². The van der Waals surface area contributed by atoms with Gasteiger partial charge in [0.25, 0.3) is 5.91 Å². The topological polar surface area (TPSA) is 155 Å². The van der Waals surface area contributed by atoms with Gasteiger partial charge in [-0.1, -0.05) is 32.9 Å². The fourth-order valence-electron chi connectivity index (χ4n) is 7.02. The summed E-state index contributed by atoms with van der Waals surface area (Å²) >= 11 is 3.17. The molecule has 16 heteroatoms. The summed E-state index contributed by atoms with van der Waals surface area (Å²) in [7, 11) is 0. The van der Waals surface area contributed by atoms with Crippen LogP contribution in [0.1, 0.15) is 57.7 Å². The zero-order chi connectivity index (χ0) is 41.0. The van der Waals surface area contributed by atoms with Gasteiger partial charge >= 0.3 is 0 Å². The van der Waals surface area contributed by atoms with Crippen molar-refractivity contribution in [2.45, 2.75) is 83.8 Å². The molecule has 1 aliphatic carbocycles. The Morgan fingerprint density at radius 1 is 1.05 bits per heavy atom.